The topological polar surface area (TPSA) is 64.7 Å². The first-order valence-corrected chi connectivity index (χ1v) is 8.03. The van der Waals surface area contributed by atoms with E-state index in [0.29, 0.717) is 12.5 Å². The Bertz CT molecular complexity index is 533. The summed E-state index contributed by atoms with van der Waals surface area (Å²) in [7, 11) is 3.35. The van der Waals surface area contributed by atoms with Gasteiger partial charge in [0.15, 0.2) is 0 Å². The summed E-state index contributed by atoms with van der Waals surface area (Å²) in [6, 6.07) is 9.50. The normalized spacial score (nSPS) is 18.4. The standard InChI is InChI=1S/C17H26N4O2/c1-13(16(22)20(2)3)19-17(23)18-11-14-9-10-21(12-14)15-7-5-4-6-8-15/h4-8,13-14H,9-12H2,1-3H3,(H2,18,19,23)/t13-,14?/m0/s1. The number of nitrogens with one attached hydrogen (secondary N) is 2. The first-order valence-electron chi connectivity index (χ1n) is 8.03. The molecule has 0 spiro atoms. The van der Waals surface area contributed by atoms with Crippen LogP contribution in [0.1, 0.15) is 13.3 Å². The molecule has 1 aromatic rings. The van der Waals surface area contributed by atoms with Crippen LogP contribution in [0.4, 0.5) is 10.5 Å². The van der Waals surface area contributed by atoms with Crippen molar-refractivity contribution in [3.63, 3.8) is 0 Å². The van der Waals surface area contributed by atoms with Crippen LogP contribution < -0.4 is 15.5 Å². The summed E-state index contributed by atoms with van der Waals surface area (Å²) in [6.07, 6.45) is 1.06. The summed E-state index contributed by atoms with van der Waals surface area (Å²) >= 11 is 0. The van der Waals surface area contributed by atoms with E-state index in [2.05, 4.69) is 27.7 Å². The lowest BCUT2D eigenvalue weighted by atomic mass is 10.1. The molecule has 0 aliphatic carbocycles. The van der Waals surface area contributed by atoms with Gasteiger partial charge in [0.05, 0.1) is 0 Å². The molecule has 6 nitrogen and oxygen atoms in total. The van der Waals surface area contributed by atoms with E-state index in [1.165, 1.54) is 10.6 Å². The summed E-state index contributed by atoms with van der Waals surface area (Å²) in [5, 5.41) is 5.55. The monoisotopic (exact) mass is 318 g/mol. The van der Waals surface area contributed by atoms with Gasteiger partial charge in [0.25, 0.3) is 0 Å². The Morgan fingerprint density at radius 3 is 2.65 bits per heavy atom. The third-order valence-electron chi connectivity index (χ3n) is 4.12. The summed E-state index contributed by atoms with van der Waals surface area (Å²) < 4.78 is 0. The highest BCUT2D eigenvalue weighted by Gasteiger charge is 2.23. The number of hydrogen-bond donors (Lipinski definition) is 2. The van der Waals surface area contributed by atoms with Crippen LogP contribution >= 0.6 is 0 Å². The molecule has 0 bridgehead atoms. The van der Waals surface area contributed by atoms with E-state index in [4.69, 9.17) is 0 Å². The molecule has 2 atom stereocenters. The van der Waals surface area contributed by atoms with Gasteiger partial charge in [0.2, 0.25) is 5.91 Å². The molecule has 1 aromatic carbocycles. The van der Waals surface area contributed by atoms with Crippen molar-refractivity contribution in [3.8, 4) is 0 Å². The zero-order valence-electron chi connectivity index (χ0n) is 14.1. The number of anilines is 1. The fourth-order valence-electron chi connectivity index (χ4n) is 2.81. The highest BCUT2D eigenvalue weighted by atomic mass is 16.2. The Kier molecular flexibility index (Phi) is 5.84. The highest BCUT2D eigenvalue weighted by Crippen LogP contribution is 2.22. The van der Waals surface area contributed by atoms with Crippen LogP contribution in [-0.2, 0) is 4.79 Å². The van der Waals surface area contributed by atoms with E-state index in [1.807, 2.05) is 18.2 Å². The first kappa shape index (κ1) is 17.1. The molecule has 1 heterocycles. The van der Waals surface area contributed by atoms with Crippen molar-refractivity contribution < 1.29 is 9.59 Å². The zero-order valence-corrected chi connectivity index (χ0v) is 14.1. The summed E-state index contributed by atoms with van der Waals surface area (Å²) in [5.74, 6) is 0.317. The molecular formula is C17H26N4O2. The third-order valence-corrected chi connectivity index (χ3v) is 4.12. The van der Waals surface area contributed by atoms with E-state index < -0.39 is 6.04 Å². The molecule has 126 valence electrons. The van der Waals surface area contributed by atoms with E-state index >= 15 is 0 Å². The van der Waals surface area contributed by atoms with Crippen molar-refractivity contribution in [3.05, 3.63) is 30.3 Å². The van der Waals surface area contributed by atoms with Crippen molar-refractivity contribution in [2.75, 3.05) is 38.6 Å². The minimum Gasteiger partial charge on any atom is -0.371 e. The Balaban J connectivity index is 1.72. The maximum atomic E-state index is 11.9. The minimum absolute atomic E-state index is 0.115. The van der Waals surface area contributed by atoms with Crippen molar-refractivity contribution in [1.29, 1.82) is 0 Å². The molecule has 2 rings (SSSR count). The van der Waals surface area contributed by atoms with Crippen LogP contribution in [0.2, 0.25) is 0 Å². The number of para-hydroxylation sites is 1. The second kappa shape index (κ2) is 7.85. The molecule has 0 radical (unpaired) electrons. The lowest BCUT2D eigenvalue weighted by molar-refractivity contribution is -0.130. The Hall–Kier alpha value is -2.24. The Morgan fingerprint density at radius 2 is 2.00 bits per heavy atom. The maximum Gasteiger partial charge on any atom is 0.315 e. The van der Waals surface area contributed by atoms with Crippen molar-refractivity contribution in [2.24, 2.45) is 5.92 Å². The zero-order chi connectivity index (χ0) is 16.8. The molecule has 1 unspecified atom stereocenters. The van der Waals surface area contributed by atoms with E-state index in [1.54, 1.807) is 21.0 Å². The number of benzene rings is 1. The van der Waals surface area contributed by atoms with Crippen LogP contribution in [0.3, 0.4) is 0 Å². The average Bonchev–Trinajstić information content (AvgIpc) is 3.02. The molecule has 1 aliphatic rings. The number of hydrogen-bond acceptors (Lipinski definition) is 3. The first-order chi connectivity index (χ1) is 11.0. The van der Waals surface area contributed by atoms with Gasteiger partial charge in [-0.25, -0.2) is 4.79 Å². The van der Waals surface area contributed by atoms with Crippen molar-refractivity contribution in [2.45, 2.75) is 19.4 Å². The van der Waals surface area contributed by atoms with E-state index in [9.17, 15) is 9.59 Å². The number of rotatable bonds is 5. The Morgan fingerprint density at radius 1 is 1.30 bits per heavy atom. The predicted octanol–water partition coefficient (Wildman–Crippen LogP) is 1.29. The maximum absolute atomic E-state index is 11.9. The summed E-state index contributed by atoms with van der Waals surface area (Å²) in [4.78, 5) is 27.4. The van der Waals surface area contributed by atoms with Gasteiger partial charge in [0.1, 0.15) is 6.04 Å². The Labute approximate surface area is 137 Å². The molecule has 0 saturated carbocycles. The van der Waals surface area contributed by atoms with Gasteiger partial charge in [0, 0.05) is 39.4 Å². The van der Waals surface area contributed by atoms with Crippen molar-refractivity contribution in [1.82, 2.24) is 15.5 Å². The number of carbonyl (C=O) groups excluding carboxylic acids is 2. The third kappa shape index (κ3) is 4.87. The number of carbonyl (C=O) groups is 2. The smallest absolute Gasteiger partial charge is 0.315 e. The highest BCUT2D eigenvalue weighted by molar-refractivity contribution is 5.86. The van der Waals surface area contributed by atoms with Gasteiger partial charge >= 0.3 is 6.03 Å². The van der Waals surface area contributed by atoms with Crippen LogP contribution in [0, 0.1) is 5.92 Å². The number of urea groups is 1. The lowest BCUT2D eigenvalue weighted by Gasteiger charge is -2.20. The molecule has 1 saturated heterocycles. The molecule has 1 aliphatic heterocycles. The second-order valence-electron chi connectivity index (χ2n) is 6.24. The van der Waals surface area contributed by atoms with Gasteiger partial charge in [-0.2, -0.15) is 0 Å². The number of amides is 3. The molecule has 1 fully saturated rings. The van der Waals surface area contributed by atoms with Gasteiger partial charge in [-0.15, -0.1) is 0 Å². The van der Waals surface area contributed by atoms with Gasteiger partial charge in [-0.05, 0) is 31.4 Å². The van der Waals surface area contributed by atoms with Crippen LogP contribution in [0.5, 0.6) is 0 Å². The predicted molar refractivity (Wildman–Crippen MR) is 91.5 cm³/mol. The molecule has 3 amide bonds. The number of nitrogens with zero attached hydrogens (tertiary/aromatic N) is 2. The summed E-state index contributed by atoms with van der Waals surface area (Å²) in [6.45, 7) is 4.26. The fraction of sp³-hybridized carbons (Fsp3) is 0.529. The SMILES string of the molecule is C[C@H](NC(=O)NCC1CCN(c2ccccc2)C1)C(=O)N(C)C. The van der Waals surface area contributed by atoms with Crippen LogP contribution in [-0.4, -0.2) is 56.6 Å². The van der Waals surface area contributed by atoms with Crippen LogP contribution in [0.25, 0.3) is 0 Å². The van der Waals surface area contributed by atoms with Gasteiger partial charge in [-0.3, -0.25) is 4.79 Å². The molecule has 23 heavy (non-hydrogen) atoms. The average molecular weight is 318 g/mol. The molecular weight excluding hydrogens is 292 g/mol. The minimum atomic E-state index is -0.519. The lowest BCUT2D eigenvalue weighted by Crippen LogP contribution is -2.48. The van der Waals surface area contributed by atoms with Crippen molar-refractivity contribution >= 4 is 17.6 Å². The fourth-order valence-corrected chi connectivity index (χ4v) is 2.81. The summed E-state index contributed by atoms with van der Waals surface area (Å²) in [5.41, 5.74) is 1.23. The van der Waals surface area contributed by atoms with Gasteiger partial charge < -0.3 is 20.4 Å². The van der Waals surface area contributed by atoms with Crippen LogP contribution in [0.15, 0.2) is 30.3 Å². The molecule has 2 N–H and O–H groups in total. The van der Waals surface area contributed by atoms with E-state index in [-0.39, 0.29) is 11.9 Å². The second-order valence-corrected chi connectivity index (χ2v) is 6.24. The molecule has 0 aromatic heterocycles. The largest absolute Gasteiger partial charge is 0.371 e. The van der Waals surface area contributed by atoms with Gasteiger partial charge in [-0.1, -0.05) is 18.2 Å². The quantitative estimate of drug-likeness (QED) is 0.860. The molecule has 6 heteroatoms. The number of likely N-dealkylation sites (N-methyl/N-ethyl adjacent to an activating group) is 1. The van der Waals surface area contributed by atoms with E-state index in [0.717, 1.165) is 19.5 Å².